The van der Waals surface area contributed by atoms with Gasteiger partial charge in [0.15, 0.2) is 0 Å². The van der Waals surface area contributed by atoms with Crippen molar-refractivity contribution in [2.24, 2.45) is 0 Å². The van der Waals surface area contributed by atoms with Gasteiger partial charge in [0.25, 0.3) is 0 Å². The minimum absolute atomic E-state index is 0.303. The summed E-state index contributed by atoms with van der Waals surface area (Å²) < 4.78 is 40.0. The first-order valence-electron chi connectivity index (χ1n) is 5.35. The molecule has 0 spiro atoms. The highest BCUT2D eigenvalue weighted by Crippen LogP contribution is 2.33. The molecule has 1 heterocycles. The first-order valence-corrected chi connectivity index (χ1v) is 6.14. The lowest BCUT2D eigenvalue weighted by Gasteiger charge is -2.12. The minimum atomic E-state index is -4.39. The maximum atomic E-state index is 12.7. The predicted octanol–water partition coefficient (Wildman–Crippen LogP) is 2.77. The maximum Gasteiger partial charge on any atom is 0.416 e. The van der Waals surface area contributed by atoms with Crippen LogP contribution >= 0.6 is 15.9 Å². The summed E-state index contributed by atoms with van der Waals surface area (Å²) >= 11 is 3.23. The van der Waals surface area contributed by atoms with Crippen LogP contribution in [0.5, 0.6) is 0 Å². The van der Waals surface area contributed by atoms with Crippen LogP contribution in [0.1, 0.15) is 11.3 Å². The number of nitrogens with one attached hydrogen (secondary N) is 1. The van der Waals surface area contributed by atoms with Crippen LogP contribution in [0.25, 0.3) is 5.69 Å². The second kappa shape index (κ2) is 5.30. The highest BCUT2D eigenvalue weighted by molar-refractivity contribution is 9.10. The number of halogens is 4. The van der Waals surface area contributed by atoms with Crippen molar-refractivity contribution in [3.63, 3.8) is 0 Å². The van der Waals surface area contributed by atoms with Gasteiger partial charge in [-0.1, -0.05) is 5.21 Å². The van der Waals surface area contributed by atoms with Crippen molar-refractivity contribution in [2.75, 3.05) is 7.05 Å². The molecule has 0 aliphatic carbocycles. The standard InChI is InChI=1S/C11H10BrF3N4/c1-16-5-8-6-17-18-19(8)10-4-7(11(13,14)15)2-3-9(10)12/h2-4,6,16H,5H2,1H3. The molecule has 2 aromatic rings. The van der Waals surface area contributed by atoms with Gasteiger partial charge in [0.1, 0.15) is 0 Å². The summed E-state index contributed by atoms with van der Waals surface area (Å²) in [5, 5.41) is 10.4. The Hall–Kier alpha value is -1.41. The molecular weight excluding hydrogens is 325 g/mol. The second-order valence-electron chi connectivity index (χ2n) is 3.83. The molecule has 0 unspecified atom stereocenters. The van der Waals surface area contributed by atoms with Gasteiger partial charge in [-0.2, -0.15) is 13.2 Å². The average molecular weight is 335 g/mol. The third-order valence-corrected chi connectivity index (χ3v) is 3.15. The summed E-state index contributed by atoms with van der Waals surface area (Å²) in [6.45, 7) is 0.454. The largest absolute Gasteiger partial charge is 0.416 e. The van der Waals surface area contributed by atoms with Crippen molar-refractivity contribution in [1.29, 1.82) is 0 Å². The van der Waals surface area contributed by atoms with Crippen molar-refractivity contribution in [1.82, 2.24) is 20.3 Å². The molecule has 0 atom stereocenters. The highest BCUT2D eigenvalue weighted by Gasteiger charge is 2.31. The van der Waals surface area contributed by atoms with Gasteiger partial charge in [-0.25, -0.2) is 4.68 Å². The van der Waals surface area contributed by atoms with E-state index in [0.717, 1.165) is 12.1 Å². The lowest BCUT2D eigenvalue weighted by molar-refractivity contribution is -0.137. The number of alkyl halides is 3. The van der Waals surface area contributed by atoms with E-state index in [2.05, 4.69) is 31.6 Å². The summed E-state index contributed by atoms with van der Waals surface area (Å²) in [6.07, 6.45) is -2.89. The number of rotatable bonds is 3. The van der Waals surface area contributed by atoms with Crippen LogP contribution < -0.4 is 5.32 Å². The third kappa shape index (κ3) is 2.95. The molecule has 2 rings (SSSR count). The van der Waals surface area contributed by atoms with Gasteiger partial charge in [0, 0.05) is 11.0 Å². The molecule has 0 aliphatic rings. The van der Waals surface area contributed by atoms with E-state index in [4.69, 9.17) is 0 Å². The van der Waals surface area contributed by atoms with Crippen LogP contribution in [0.2, 0.25) is 0 Å². The number of hydrogen-bond acceptors (Lipinski definition) is 3. The fourth-order valence-electron chi connectivity index (χ4n) is 1.61. The Kier molecular flexibility index (Phi) is 3.91. The number of benzene rings is 1. The van der Waals surface area contributed by atoms with E-state index in [1.165, 1.54) is 16.9 Å². The Morgan fingerprint density at radius 3 is 2.74 bits per heavy atom. The Morgan fingerprint density at radius 2 is 2.11 bits per heavy atom. The van der Waals surface area contributed by atoms with Crippen molar-refractivity contribution in [3.05, 3.63) is 40.1 Å². The molecule has 0 saturated heterocycles. The zero-order valence-electron chi connectivity index (χ0n) is 9.87. The minimum Gasteiger partial charge on any atom is -0.314 e. The molecule has 0 saturated carbocycles. The molecule has 1 N–H and O–H groups in total. The molecule has 8 heteroatoms. The summed E-state index contributed by atoms with van der Waals surface area (Å²) in [5.74, 6) is 0. The van der Waals surface area contributed by atoms with Crippen LogP contribution in [0.15, 0.2) is 28.9 Å². The van der Waals surface area contributed by atoms with Crippen LogP contribution in [0, 0.1) is 0 Å². The molecule has 0 fully saturated rings. The van der Waals surface area contributed by atoms with Crippen LogP contribution in [-0.4, -0.2) is 22.0 Å². The molecule has 0 amide bonds. The Morgan fingerprint density at radius 1 is 1.37 bits per heavy atom. The van der Waals surface area contributed by atoms with Gasteiger partial charge in [-0.3, -0.25) is 0 Å². The van der Waals surface area contributed by atoms with E-state index in [9.17, 15) is 13.2 Å². The van der Waals surface area contributed by atoms with Crippen LogP contribution in [0.4, 0.5) is 13.2 Å². The molecular formula is C11H10BrF3N4. The lowest BCUT2D eigenvalue weighted by Crippen LogP contribution is -2.12. The summed E-state index contributed by atoms with van der Waals surface area (Å²) in [5.41, 5.74) is 0.247. The SMILES string of the molecule is CNCc1cnnn1-c1cc(C(F)(F)F)ccc1Br. The molecule has 1 aromatic carbocycles. The van der Waals surface area contributed by atoms with Gasteiger partial charge in [0.05, 0.1) is 23.1 Å². The Bertz CT molecular complexity index is 580. The number of nitrogens with zero attached hydrogens (tertiary/aromatic N) is 3. The van der Waals surface area contributed by atoms with E-state index >= 15 is 0 Å². The molecule has 0 aliphatic heterocycles. The van der Waals surface area contributed by atoms with Crippen molar-refractivity contribution in [2.45, 2.75) is 12.7 Å². The number of aromatic nitrogens is 3. The fraction of sp³-hybridized carbons (Fsp3) is 0.273. The summed E-state index contributed by atoms with van der Waals surface area (Å²) in [4.78, 5) is 0. The van der Waals surface area contributed by atoms with E-state index in [1.54, 1.807) is 7.05 Å². The highest BCUT2D eigenvalue weighted by atomic mass is 79.9. The fourth-order valence-corrected chi connectivity index (χ4v) is 2.03. The molecule has 19 heavy (non-hydrogen) atoms. The van der Waals surface area contributed by atoms with Gasteiger partial charge < -0.3 is 5.32 Å². The van der Waals surface area contributed by atoms with Crippen molar-refractivity contribution >= 4 is 15.9 Å². The quantitative estimate of drug-likeness (QED) is 0.938. The van der Waals surface area contributed by atoms with E-state index in [-0.39, 0.29) is 0 Å². The lowest BCUT2D eigenvalue weighted by atomic mass is 10.2. The Balaban J connectivity index is 2.52. The maximum absolute atomic E-state index is 12.7. The topological polar surface area (TPSA) is 42.7 Å². The molecule has 0 radical (unpaired) electrons. The number of hydrogen-bond donors (Lipinski definition) is 1. The normalized spacial score (nSPS) is 11.8. The van der Waals surface area contributed by atoms with Crippen LogP contribution in [0.3, 0.4) is 0 Å². The van der Waals surface area contributed by atoms with Crippen molar-refractivity contribution in [3.8, 4) is 5.69 Å². The van der Waals surface area contributed by atoms with Gasteiger partial charge >= 0.3 is 6.18 Å². The van der Waals surface area contributed by atoms with Crippen molar-refractivity contribution < 1.29 is 13.2 Å². The third-order valence-electron chi connectivity index (χ3n) is 2.48. The smallest absolute Gasteiger partial charge is 0.314 e. The summed E-state index contributed by atoms with van der Waals surface area (Å²) in [7, 11) is 1.73. The summed E-state index contributed by atoms with van der Waals surface area (Å²) in [6, 6.07) is 3.41. The van der Waals surface area contributed by atoms with Crippen LogP contribution in [-0.2, 0) is 12.7 Å². The van der Waals surface area contributed by atoms with Gasteiger partial charge in [-0.15, -0.1) is 5.10 Å². The molecule has 4 nitrogen and oxygen atoms in total. The van der Waals surface area contributed by atoms with Gasteiger partial charge in [0.2, 0.25) is 0 Å². The van der Waals surface area contributed by atoms with E-state index in [1.807, 2.05) is 0 Å². The zero-order chi connectivity index (χ0) is 14.0. The molecule has 102 valence electrons. The molecule has 1 aromatic heterocycles. The average Bonchev–Trinajstić information content (AvgIpc) is 2.77. The monoisotopic (exact) mass is 334 g/mol. The second-order valence-corrected chi connectivity index (χ2v) is 4.69. The van der Waals surface area contributed by atoms with Gasteiger partial charge in [-0.05, 0) is 41.2 Å². The first kappa shape index (κ1) is 14.0. The van der Waals surface area contributed by atoms with E-state index in [0.29, 0.717) is 22.4 Å². The Labute approximate surface area is 115 Å². The molecule has 0 bridgehead atoms. The zero-order valence-corrected chi connectivity index (χ0v) is 11.5. The van der Waals surface area contributed by atoms with E-state index < -0.39 is 11.7 Å². The predicted molar refractivity (Wildman–Crippen MR) is 66.8 cm³/mol. The first-order chi connectivity index (χ1) is 8.93.